The molecule has 1 aliphatic rings. The first-order valence-electron chi connectivity index (χ1n) is 6.13. The van der Waals surface area contributed by atoms with Crippen LogP contribution in [-0.4, -0.2) is 28.7 Å². The number of hydrogen-bond donors (Lipinski definition) is 2. The van der Waals surface area contributed by atoms with E-state index in [9.17, 15) is 0 Å². The molecule has 2 heterocycles. The number of thiocarbonyl (C=S) groups is 1. The largest absolute Gasteiger partial charge is 0.389 e. The number of aryl methyl sites for hydroxylation is 1. The molecule has 1 aliphatic heterocycles. The van der Waals surface area contributed by atoms with Crippen molar-refractivity contribution >= 4 is 23.0 Å². The first-order valence-corrected chi connectivity index (χ1v) is 6.54. The Morgan fingerprint density at radius 3 is 2.72 bits per heavy atom. The summed E-state index contributed by atoms with van der Waals surface area (Å²) in [5, 5.41) is 3.49. The molecule has 18 heavy (non-hydrogen) atoms. The monoisotopic (exact) mass is 265 g/mol. The van der Waals surface area contributed by atoms with Crippen molar-refractivity contribution in [2.75, 3.05) is 18.5 Å². The quantitative estimate of drug-likeness (QED) is 0.819. The molecule has 0 atom stereocenters. The van der Waals surface area contributed by atoms with Crippen molar-refractivity contribution in [2.24, 2.45) is 5.73 Å². The fourth-order valence-corrected chi connectivity index (χ4v) is 2.25. The van der Waals surface area contributed by atoms with Gasteiger partial charge in [-0.15, -0.1) is 0 Å². The smallest absolute Gasteiger partial charge is 0.127 e. The van der Waals surface area contributed by atoms with Crippen LogP contribution in [0, 0.1) is 6.92 Å². The predicted molar refractivity (Wildman–Crippen MR) is 76.9 cm³/mol. The number of ether oxygens (including phenoxy) is 1. The van der Waals surface area contributed by atoms with Crippen LogP contribution in [0.25, 0.3) is 0 Å². The zero-order valence-corrected chi connectivity index (χ0v) is 11.6. The highest BCUT2D eigenvalue weighted by atomic mass is 32.1. The van der Waals surface area contributed by atoms with Crippen LogP contribution >= 0.6 is 12.2 Å². The molecule has 5 heteroatoms. The first kappa shape index (κ1) is 13.2. The lowest BCUT2D eigenvalue weighted by molar-refractivity contribution is 0.0657. The summed E-state index contributed by atoms with van der Waals surface area (Å²) in [6, 6.07) is 3.82. The van der Waals surface area contributed by atoms with E-state index in [4.69, 9.17) is 22.7 Å². The van der Waals surface area contributed by atoms with Crippen molar-refractivity contribution in [3.63, 3.8) is 0 Å². The summed E-state index contributed by atoms with van der Waals surface area (Å²) in [4.78, 5) is 4.89. The van der Waals surface area contributed by atoms with Crippen molar-refractivity contribution in [2.45, 2.75) is 32.2 Å². The fourth-order valence-electron chi connectivity index (χ4n) is 2.13. The number of nitrogens with two attached hydrogens (primary N) is 1. The minimum Gasteiger partial charge on any atom is -0.389 e. The highest BCUT2D eigenvalue weighted by Crippen LogP contribution is 2.25. The van der Waals surface area contributed by atoms with E-state index in [0.717, 1.165) is 43.1 Å². The summed E-state index contributed by atoms with van der Waals surface area (Å²) < 4.78 is 5.39. The molecule has 3 N–H and O–H groups in total. The second-order valence-electron chi connectivity index (χ2n) is 5.04. The summed E-state index contributed by atoms with van der Waals surface area (Å²) in [7, 11) is 0. The molecule has 0 spiro atoms. The Bertz CT molecular complexity index is 456. The Labute approximate surface area is 113 Å². The molecule has 4 nitrogen and oxygen atoms in total. The van der Waals surface area contributed by atoms with Gasteiger partial charge < -0.3 is 15.8 Å². The topological polar surface area (TPSA) is 60.2 Å². The standard InChI is InChI=1S/C13H19N3OS/c1-9-7-10(12(14)18)8-11(15-9)16-13(2)3-5-17-6-4-13/h7-8H,3-6H2,1-2H3,(H2,14,18)(H,15,16). The summed E-state index contributed by atoms with van der Waals surface area (Å²) >= 11 is 5.02. The number of pyridine rings is 1. The Balaban J connectivity index is 2.20. The average Bonchev–Trinajstić information content (AvgIpc) is 2.28. The van der Waals surface area contributed by atoms with E-state index in [1.165, 1.54) is 0 Å². The zero-order valence-electron chi connectivity index (χ0n) is 10.8. The molecule has 0 bridgehead atoms. The minimum atomic E-state index is 0.0343. The van der Waals surface area contributed by atoms with Gasteiger partial charge in [0.15, 0.2) is 0 Å². The van der Waals surface area contributed by atoms with Gasteiger partial charge in [-0.1, -0.05) is 12.2 Å². The average molecular weight is 265 g/mol. The maximum absolute atomic E-state index is 5.67. The maximum atomic E-state index is 5.67. The van der Waals surface area contributed by atoms with Gasteiger partial charge in [0.2, 0.25) is 0 Å². The highest BCUT2D eigenvalue weighted by molar-refractivity contribution is 7.80. The van der Waals surface area contributed by atoms with Gasteiger partial charge in [0.1, 0.15) is 10.8 Å². The van der Waals surface area contributed by atoms with E-state index < -0.39 is 0 Å². The van der Waals surface area contributed by atoms with Crippen LogP contribution in [0.3, 0.4) is 0 Å². The summed E-state index contributed by atoms with van der Waals surface area (Å²) in [5.41, 5.74) is 7.48. The third-order valence-corrected chi connectivity index (χ3v) is 3.50. The van der Waals surface area contributed by atoms with E-state index in [1.807, 2.05) is 19.1 Å². The number of nitrogens with zero attached hydrogens (tertiary/aromatic N) is 1. The Morgan fingerprint density at radius 2 is 2.11 bits per heavy atom. The maximum Gasteiger partial charge on any atom is 0.127 e. The number of aromatic nitrogens is 1. The molecule has 1 fully saturated rings. The van der Waals surface area contributed by atoms with Gasteiger partial charge in [-0.25, -0.2) is 4.98 Å². The molecular formula is C13H19N3OS. The molecule has 1 aromatic rings. The zero-order chi connectivity index (χ0) is 13.2. The Hall–Kier alpha value is -1.20. The van der Waals surface area contributed by atoms with Gasteiger partial charge >= 0.3 is 0 Å². The molecular weight excluding hydrogens is 246 g/mol. The highest BCUT2D eigenvalue weighted by Gasteiger charge is 2.27. The minimum absolute atomic E-state index is 0.0343. The van der Waals surface area contributed by atoms with Crippen LogP contribution in [0.4, 0.5) is 5.82 Å². The van der Waals surface area contributed by atoms with E-state index >= 15 is 0 Å². The summed E-state index contributed by atoms with van der Waals surface area (Å²) in [5.74, 6) is 0.835. The molecule has 1 aromatic heterocycles. The lowest BCUT2D eigenvalue weighted by Crippen LogP contribution is -2.41. The van der Waals surface area contributed by atoms with E-state index in [1.54, 1.807) is 0 Å². The molecule has 0 aromatic carbocycles. The van der Waals surface area contributed by atoms with Crippen LogP contribution in [0.1, 0.15) is 31.0 Å². The van der Waals surface area contributed by atoms with E-state index in [0.29, 0.717) is 4.99 Å². The normalized spacial score (nSPS) is 18.3. The molecule has 0 aliphatic carbocycles. The fraction of sp³-hybridized carbons (Fsp3) is 0.538. The molecule has 0 saturated carbocycles. The second-order valence-corrected chi connectivity index (χ2v) is 5.48. The summed E-state index contributed by atoms with van der Waals surface area (Å²) in [6.07, 6.45) is 1.95. The van der Waals surface area contributed by atoms with E-state index in [-0.39, 0.29) is 5.54 Å². The van der Waals surface area contributed by atoms with Crippen molar-refractivity contribution in [1.82, 2.24) is 4.98 Å². The van der Waals surface area contributed by atoms with Gasteiger partial charge in [-0.05, 0) is 38.8 Å². The third kappa shape index (κ3) is 3.17. The number of anilines is 1. The van der Waals surface area contributed by atoms with Gasteiger partial charge in [0.05, 0.1) is 0 Å². The van der Waals surface area contributed by atoms with Crippen LogP contribution in [0.15, 0.2) is 12.1 Å². The lowest BCUT2D eigenvalue weighted by atomic mass is 9.92. The first-order chi connectivity index (χ1) is 8.48. The van der Waals surface area contributed by atoms with Crippen LogP contribution in [0.5, 0.6) is 0 Å². The Kier molecular flexibility index (Phi) is 3.82. The molecule has 0 radical (unpaired) electrons. The molecule has 1 saturated heterocycles. The number of nitrogens with one attached hydrogen (secondary N) is 1. The van der Waals surface area contributed by atoms with Crippen molar-refractivity contribution < 1.29 is 4.74 Å². The van der Waals surface area contributed by atoms with Crippen molar-refractivity contribution in [1.29, 1.82) is 0 Å². The molecule has 0 unspecified atom stereocenters. The summed E-state index contributed by atoms with van der Waals surface area (Å²) in [6.45, 7) is 5.72. The lowest BCUT2D eigenvalue weighted by Gasteiger charge is -2.35. The molecule has 2 rings (SSSR count). The second kappa shape index (κ2) is 5.20. The molecule has 0 amide bonds. The number of hydrogen-bond acceptors (Lipinski definition) is 4. The van der Waals surface area contributed by atoms with Crippen LogP contribution in [0.2, 0.25) is 0 Å². The SMILES string of the molecule is Cc1cc(C(N)=S)cc(NC2(C)CCOCC2)n1. The van der Waals surface area contributed by atoms with Gasteiger partial charge in [0, 0.05) is 30.0 Å². The Morgan fingerprint density at radius 1 is 1.44 bits per heavy atom. The van der Waals surface area contributed by atoms with Crippen LogP contribution < -0.4 is 11.1 Å². The third-order valence-electron chi connectivity index (χ3n) is 3.26. The van der Waals surface area contributed by atoms with Gasteiger partial charge in [-0.2, -0.15) is 0 Å². The van der Waals surface area contributed by atoms with Crippen molar-refractivity contribution in [3.8, 4) is 0 Å². The molecule has 98 valence electrons. The van der Waals surface area contributed by atoms with Crippen molar-refractivity contribution in [3.05, 3.63) is 23.4 Å². The van der Waals surface area contributed by atoms with Crippen LogP contribution in [-0.2, 0) is 4.74 Å². The van der Waals surface area contributed by atoms with Gasteiger partial charge in [-0.3, -0.25) is 0 Å². The van der Waals surface area contributed by atoms with E-state index in [2.05, 4.69) is 17.2 Å². The number of rotatable bonds is 3. The predicted octanol–water partition coefficient (Wildman–Crippen LogP) is 2.01. The van der Waals surface area contributed by atoms with Gasteiger partial charge in [0.25, 0.3) is 0 Å².